The first kappa shape index (κ1) is 13.2. The molecule has 5 heteroatoms. The molecule has 0 aliphatic rings. The highest BCUT2D eigenvalue weighted by Gasteiger charge is 2.05. The van der Waals surface area contributed by atoms with Crippen LogP contribution in [-0.2, 0) is 0 Å². The lowest BCUT2D eigenvalue weighted by Gasteiger charge is -2.00. The molecule has 0 spiro atoms. The van der Waals surface area contributed by atoms with E-state index in [9.17, 15) is 9.18 Å². The highest BCUT2D eigenvalue weighted by atomic mass is 35.5. The van der Waals surface area contributed by atoms with Crippen LogP contribution in [0, 0.1) is 5.82 Å². The van der Waals surface area contributed by atoms with Gasteiger partial charge in [-0.15, -0.1) is 0 Å². The molecule has 0 aliphatic heterocycles. The van der Waals surface area contributed by atoms with Gasteiger partial charge in [0.25, 0.3) is 5.91 Å². The monoisotopic (exact) mass is 276 g/mol. The van der Waals surface area contributed by atoms with Crippen molar-refractivity contribution in [2.75, 3.05) is 0 Å². The molecule has 3 nitrogen and oxygen atoms in total. The summed E-state index contributed by atoms with van der Waals surface area (Å²) in [4.78, 5) is 11.7. The Balaban J connectivity index is 2.07. The zero-order valence-electron chi connectivity index (χ0n) is 9.81. The van der Waals surface area contributed by atoms with E-state index < -0.39 is 5.82 Å². The van der Waals surface area contributed by atoms with E-state index in [1.54, 1.807) is 36.4 Å². The van der Waals surface area contributed by atoms with E-state index >= 15 is 0 Å². The summed E-state index contributed by atoms with van der Waals surface area (Å²) in [5.41, 5.74) is 2.92. The zero-order valence-corrected chi connectivity index (χ0v) is 10.6. The number of amides is 1. The number of hydrazone groups is 1. The third kappa shape index (κ3) is 3.39. The number of hydrogen-bond acceptors (Lipinski definition) is 2. The minimum Gasteiger partial charge on any atom is -0.267 e. The molecule has 0 heterocycles. The Labute approximate surface area is 114 Å². The van der Waals surface area contributed by atoms with E-state index in [0.29, 0.717) is 5.56 Å². The molecule has 0 bridgehead atoms. The molecular formula is C14H10ClFN2O. The van der Waals surface area contributed by atoms with Crippen molar-refractivity contribution >= 4 is 23.7 Å². The first-order valence-electron chi connectivity index (χ1n) is 5.51. The molecule has 0 atom stereocenters. The predicted octanol–water partition coefficient (Wildman–Crippen LogP) is 3.24. The minimum absolute atomic E-state index is 0.137. The average Bonchev–Trinajstić information content (AvgIpc) is 2.43. The molecule has 1 amide bonds. The van der Waals surface area contributed by atoms with E-state index in [4.69, 9.17) is 11.6 Å². The van der Waals surface area contributed by atoms with Gasteiger partial charge in [0.2, 0.25) is 0 Å². The molecule has 19 heavy (non-hydrogen) atoms. The molecule has 0 saturated heterocycles. The van der Waals surface area contributed by atoms with Crippen molar-refractivity contribution in [2.45, 2.75) is 0 Å². The summed E-state index contributed by atoms with van der Waals surface area (Å²) in [6.07, 6.45) is 1.18. The summed E-state index contributed by atoms with van der Waals surface area (Å²) < 4.78 is 13.4. The average molecular weight is 277 g/mol. The van der Waals surface area contributed by atoms with Crippen LogP contribution in [0.1, 0.15) is 15.9 Å². The van der Waals surface area contributed by atoms with E-state index in [1.165, 1.54) is 18.3 Å². The van der Waals surface area contributed by atoms with Crippen LogP contribution in [0.15, 0.2) is 53.6 Å². The van der Waals surface area contributed by atoms with Crippen LogP contribution < -0.4 is 5.43 Å². The lowest BCUT2D eigenvalue weighted by atomic mass is 10.2. The Hall–Kier alpha value is -2.20. The van der Waals surface area contributed by atoms with Gasteiger partial charge >= 0.3 is 0 Å². The van der Waals surface area contributed by atoms with Crippen LogP contribution in [0.5, 0.6) is 0 Å². The number of hydrogen-bond donors (Lipinski definition) is 1. The minimum atomic E-state index is -0.495. The fourth-order valence-corrected chi connectivity index (χ4v) is 1.66. The maximum absolute atomic E-state index is 13.4. The maximum Gasteiger partial charge on any atom is 0.271 e. The molecule has 0 unspecified atom stereocenters. The van der Waals surface area contributed by atoms with Gasteiger partial charge in [0, 0.05) is 11.1 Å². The van der Waals surface area contributed by atoms with Gasteiger partial charge in [-0.1, -0.05) is 35.9 Å². The van der Waals surface area contributed by atoms with Crippen LogP contribution in [0.4, 0.5) is 4.39 Å². The topological polar surface area (TPSA) is 41.5 Å². The summed E-state index contributed by atoms with van der Waals surface area (Å²) in [5.74, 6) is -0.866. The largest absolute Gasteiger partial charge is 0.271 e. The molecule has 0 fully saturated rings. The second-order valence-corrected chi connectivity index (χ2v) is 4.11. The highest BCUT2D eigenvalue weighted by Crippen LogP contribution is 2.16. The second-order valence-electron chi connectivity index (χ2n) is 3.70. The molecule has 2 aromatic rings. The molecule has 2 aromatic carbocycles. The third-order valence-corrected chi connectivity index (χ3v) is 2.73. The maximum atomic E-state index is 13.4. The first-order chi connectivity index (χ1) is 9.18. The third-order valence-electron chi connectivity index (χ3n) is 2.40. The van der Waals surface area contributed by atoms with Crippen LogP contribution in [-0.4, -0.2) is 12.1 Å². The Bertz CT molecular complexity index is 594. The molecule has 0 radical (unpaired) electrons. The summed E-state index contributed by atoms with van der Waals surface area (Å²) in [7, 11) is 0. The number of halogens is 2. The molecular weight excluding hydrogens is 267 g/mol. The Morgan fingerprint density at radius 3 is 2.58 bits per heavy atom. The van der Waals surface area contributed by atoms with Crippen molar-refractivity contribution in [3.05, 3.63) is 70.5 Å². The molecule has 0 aliphatic carbocycles. The number of carbonyl (C=O) groups is 1. The van der Waals surface area contributed by atoms with Crippen molar-refractivity contribution in [1.29, 1.82) is 0 Å². The Kier molecular flexibility index (Phi) is 4.26. The lowest BCUT2D eigenvalue weighted by molar-refractivity contribution is 0.0955. The highest BCUT2D eigenvalue weighted by molar-refractivity contribution is 6.33. The van der Waals surface area contributed by atoms with Crippen molar-refractivity contribution in [1.82, 2.24) is 5.43 Å². The molecule has 96 valence electrons. The van der Waals surface area contributed by atoms with E-state index in [2.05, 4.69) is 10.5 Å². The van der Waals surface area contributed by atoms with E-state index in [0.717, 1.165) is 0 Å². The normalized spacial score (nSPS) is 10.6. The standard InChI is InChI=1S/C14H10ClFN2O/c15-12-7-4-8-13(16)11(12)9-17-18-14(19)10-5-2-1-3-6-10/h1-9H,(H,18,19)/b17-9+. The Morgan fingerprint density at radius 2 is 1.89 bits per heavy atom. The SMILES string of the molecule is O=C(N/N=C/c1c(F)cccc1Cl)c1ccccc1. The number of benzene rings is 2. The van der Waals surface area contributed by atoms with Crippen LogP contribution in [0.3, 0.4) is 0 Å². The lowest BCUT2D eigenvalue weighted by Crippen LogP contribution is -2.17. The summed E-state index contributed by atoms with van der Waals surface area (Å²) in [6, 6.07) is 12.9. The van der Waals surface area contributed by atoms with Crippen molar-refractivity contribution in [3.63, 3.8) is 0 Å². The zero-order chi connectivity index (χ0) is 13.7. The van der Waals surface area contributed by atoms with Crippen LogP contribution in [0.25, 0.3) is 0 Å². The Morgan fingerprint density at radius 1 is 1.16 bits per heavy atom. The van der Waals surface area contributed by atoms with Gasteiger partial charge in [-0.3, -0.25) is 4.79 Å². The van der Waals surface area contributed by atoms with Gasteiger partial charge in [-0.2, -0.15) is 5.10 Å². The molecule has 0 saturated carbocycles. The number of nitrogens with zero attached hydrogens (tertiary/aromatic N) is 1. The fourth-order valence-electron chi connectivity index (χ4n) is 1.44. The van der Waals surface area contributed by atoms with Gasteiger partial charge in [0.1, 0.15) is 5.82 Å². The first-order valence-corrected chi connectivity index (χ1v) is 5.89. The van der Waals surface area contributed by atoms with E-state index in [-0.39, 0.29) is 16.5 Å². The second kappa shape index (κ2) is 6.11. The van der Waals surface area contributed by atoms with E-state index in [1.807, 2.05) is 0 Å². The van der Waals surface area contributed by atoms with Crippen molar-refractivity contribution in [2.24, 2.45) is 5.10 Å². The van der Waals surface area contributed by atoms with Gasteiger partial charge in [0.05, 0.1) is 11.2 Å². The van der Waals surface area contributed by atoms with Gasteiger partial charge < -0.3 is 0 Å². The fraction of sp³-hybridized carbons (Fsp3) is 0. The molecule has 0 aromatic heterocycles. The molecule has 2 rings (SSSR count). The smallest absolute Gasteiger partial charge is 0.267 e. The molecule has 1 N–H and O–H groups in total. The quantitative estimate of drug-likeness (QED) is 0.679. The van der Waals surface area contributed by atoms with Gasteiger partial charge in [-0.05, 0) is 24.3 Å². The van der Waals surface area contributed by atoms with Crippen molar-refractivity contribution < 1.29 is 9.18 Å². The summed E-state index contributed by atoms with van der Waals surface area (Å²) in [6.45, 7) is 0. The number of carbonyl (C=O) groups excluding carboxylic acids is 1. The predicted molar refractivity (Wildman–Crippen MR) is 72.9 cm³/mol. The van der Waals surface area contributed by atoms with Gasteiger partial charge in [-0.25, -0.2) is 9.82 Å². The van der Waals surface area contributed by atoms with Crippen molar-refractivity contribution in [3.8, 4) is 0 Å². The van der Waals surface area contributed by atoms with Crippen LogP contribution in [0.2, 0.25) is 5.02 Å². The summed E-state index contributed by atoms with van der Waals surface area (Å²) in [5, 5.41) is 3.92. The number of rotatable bonds is 3. The number of nitrogens with one attached hydrogen (secondary N) is 1. The summed E-state index contributed by atoms with van der Waals surface area (Å²) >= 11 is 5.82. The van der Waals surface area contributed by atoms with Crippen LogP contribution >= 0.6 is 11.6 Å². The van der Waals surface area contributed by atoms with Gasteiger partial charge in [0.15, 0.2) is 0 Å².